The van der Waals surface area contributed by atoms with Crippen molar-refractivity contribution < 1.29 is 4.79 Å². The number of nitrogens with zero attached hydrogens (tertiary/aromatic N) is 1. The van der Waals surface area contributed by atoms with E-state index in [0.717, 1.165) is 12.8 Å². The summed E-state index contributed by atoms with van der Waals surface area (Å²) in [6.07, 6.45) is 4.91. The summed E-state index contributed by atoms with van der Waals surface area (Å²) in [7, 11) is 0. The number of hydrogen-bond donors (Lipinski definition) is 1. The van der Waals surface area contributed by atoms with Crippen LogP contribution >= 0.6 is 11.6 Å². The second-order valence-electron chi connectivity index (χ2n) is 5.46. The largest absolute Gasteiger partial charge is 0.349 e. The summed E-state index contributed by atoms with van der Waals surface area (Å²) in [5.74, 6) is 1.32. The highest BCUT2D eigenvalue weighted by atomic mass is 35.5. The van der Waals surface area contributed by atoms with Gasteiger partial charge in [0.1, 0.15) is 5.15 Å². The molecule has 1 saturated carbocycles. The summed E-state index contributed by atoms with van der Waals surface area (Å²) in [6.45, 7) is 4.50. The molecule has 18 heavy (non-hydrogen) atoms. The lowest BCUT2D eigenvalue weighted by Gasteiger charge is -2.31. The fraction of sp³-hybridized carbons (Fsp3) is 0.571. The second-order valence-corrected chi connectivity index (χ2v) is 5.84. The lowest BCUT2D eigenvalue weighted by atomic mass is 9.80. The molecule has 1 aromatic heterocycles. The predicted molar refractivity (Wildman–Crippen MR) is 72.7 cm³/mol. The van der Waals surface area contributed by atoms with Gasteiger partial charge in [0.25, 0.3) is 5.91 Å². The molecule has 1 N–H and O–H groups in total. The fourth-order valence-corrected chi connectivity index (χ4v) is 2.96. The third-order valence-electron chi connectivity index (χ3n) is 3.50. The van der Waals surface area contributed by atoms with Gasteiger partial charge in [-0.05, 0) is 43.2 Å². The van der Waals surface area contributed by atoms with Gasteiger partial charge in [-0.15, -0.1) is 0 Å². The SMILES string of the molecule is CC1CC(C)CC(NC(=O)c2ccc(Cl)nc2)C1. The monoisotopic (exact) mass is 266 g/mol. The van der Waals surface area contributed by atoms with Crippen molar-refractivity contribution in [3.8, 4) is 0 Å². The average Bonchev–Trinajstić information content (AvgIpc) is 2.28. The van der Waals surface area contributed by atoms with Gasteiger partial charge in [-0.25, -0.2) is 4.98 Å². The molecule has 1 fully saturated rings. The van der Waals surface area contributed by atoms with Crippen LogP contribution in [0.25, 0.3) is 0 Å². The molecule has 0 aliphatic heterocycles. The highest BCUT2D eigenvalue weighted by Crippen LogP contribution is 2.28. The van der Waals surface area contributed by atoms with Crippen LogP contribution in [0.15, 0.2) is 18.3 Å². The van der Waals surface area contributed by atoms with E-state index in [9.17, 15) is 4.79 Å². The molecule has 1 aromatic rings. The van der Waals surface area contributed by atoms with Crippen LogP contribution in [0.1, 0.15) is 43.5 Å². The summed E-state index contributed by atoms with van der Waals surface area (Å²) < 4.78 is 0. The number of nitrogens with one attached hydrogen (secondary N) is 1. The number of amides is 1. The van der Waals surface area contributed by atoms with Gasteiger partial charge >= 0.3 is 0 Å². The Morgan fingerprint density at radius 3 is 2.50 bits per heavy atom. The number of hydrogen-bond acceptors (Lipinski definition) is 2. The van der Waals surface area contributed by atoms with Gasteiger partial charge in [-0.2, -0.15) is 0 Å². The molecule has 1 amide bonds. The molecule has 3 nitrogen and oxygen atoms in total. The lowest BCUT2D eigenvalue weighted by Crippen LogP contribution is -2.40. The van der Waals surface area contributed by atoms with E-state index in [1.54, 1.807) is 12.1 Å². The Morgan fingerprint density at radius 2 is 1.94 bits per heavy atom. The Labute approximate surface area is 113 Å². The molecular formula is C14H19ClN2O. The topological polar surface area (TPSA) is 42.0 Å². The molecule has 0 saturated heterocycles. The molecule has 2 rings (SSSR count). The van der Waals surface area contributed by atoms with Crippen LogP contribution < -0.4 is 5.32 Å². The number of pyridine rings is 1. The molecule has 1 aliphatic rings. The van der Waals surface area contributed by atoms with Crippen LogP contribution in [-0.4, -0.2) is 16.9 Å². The van der Waals surface area contributed by atoms with E-state index < -0.39 is 0 Å². The summed E-state index contributed by atoms with van der Waals surface area (Å²) in [4.78, 5) is 16.0. The number of aromatic nitrogens is 1. The highest BCUT2D eigenvalue weighted by Gasteiger charge is 2.25. The molecule has 0 aromatic carbocycles. The Balaban J connectivity index is 1.96. The normalized spacial score (nSPS) is 27.8. The highest BCUT2D eigenvalue weighted by molar-refractivity contribution is 6.29. The van der Waals surface area contributed by atoms with E-state index in [0.29, 0.717) is 22.6 Å². The maximum absolute atomic E-state index is 12.0. The van der Waals surface area contributed by atoms with Crippen molar-refractivity contribution in [2.75, 3.05) is 0 Å². The van der Waals surface area contributed by atoms with Crippen molar-refractivity contribution in [2.24, 2.45) is 11.8 Å². The molecule has 98 valence electrons. The zero-order valence-electron chi connectivity index (χ0n) is 10.8. The third-order valence-corrected chi connectivity index (χ3v) is 3.73. The van der Waals surface area contributed by atoms with Crippen molar-refractivity contribution in [2.45, 2.75) is 39.2 Å². The van der Waals surface area contributed by atoms with Crippen LogP contribution in [0.2, 0.25) is 5.15 Å². The number of halogens is 1. The van der Waals surface area contributed by atoms with Crippen molar-refractivity contribution in [1.29, 1.82) is 0 Å². The minimum Gasteiger partial charge on any atom is -0.349 e. The maximum atomic E-state index is 12.0. The van der Waals surface area contributed by atoms with Crippen LogP contribution in [0.5, 0.6) is 0 Å². The zero-order valence-corrected chi connectivity index (χ0v) is 11.6. The molecule has 2 atom stereocenters. The standard InChI is InChI=1S/C14H19ClN2O/c1-9-5-10(2)7-12(6-9)17-14(18)11-3-4-13(15)16-8-11/h3-4,8-10,12H,5-7H2,1-2H3,(H,17,18). The molecule has 4 heteroatoms. The lowest BCUT2D eigenvalue weighted by molar-refractivity contribution is 0.0911. The first-order valence-corrected chi connectivity index (χ1v) is 6.85. The second kappa shape index (κ2) is 5.70. The van der Waals surface area contributed by atoms with E-state index in [2.05, 4.69) is 24.1 Å². The van der Waals surface area contributed by atoms with Gasteiger partial charge in [0, 0.05) is 12.2 Å². The molecule has 1 heterocycles. The Hall–Kier alpha value is -1.09. The minimum absolute atomic E-state index is 0.0505. The number of carbonyl (C=O) groups excluding carboxylic acids is 1. The molecular weight excluding hydrogens is 248 g/mol. The molecule has 0 radical (unpaired) electrons. The smallest absolute Gasteiger partial charge is 0.253 e. The summed E-state index contributed by atoms with van der Waals surface area (Å²) in [5.41, 5.74) is 0.574. The van der Waals surface area contributed by atoms with E-state index in [-0.39, 0.29) is 11.9 Å². The van der Waals surface area contributed by atoms with Crippen molar-refractivity contribution in [3.63, 3.8) is 0 Å². The Morgan fingerprint density at radius 1 is 1.28 bits per heavy atom. The van der Waals surface area contributed by atoms with Crippen LogP contribution in [0, 0.1) is 11.8 Å². The first-order chi connectivity index (χ1) is 8.54. The Bertz CT molecular complexity index is 408. The van der Waals surface area contributed by atoms with E-state index in [1.807, 2.05) is 0 Å². The minimum atomic E-state index is -0.0505. The van der Waals surface area contributed by atoms with Crippen LogP contribution in [-0.2, 0) is 0 Å². The van der Waals surface area contributed by atoms with Gasteiger partial charge in [-0.1, -0.05) is 25.4 Å². The first-order valence-electron chi connectivity index (χ1n) is 6.47. The number of carbonyl (C=O) groups is 1. The Kier molecular flexibility index (Phi) is 4.23. The molecule has 0 spiro atoms. The van der Waals surface area contributed by atoms with Crippen LogP contribution in [0.4, 0.5) is 0 Å². The van der Waals surface area contributed by atoms with Gasteiger partial charge in [0.15, 0.2) is 0 Å². The quantitative estimate of drug-likeness (QED) is 0.835. The summed E-state index contributed by atoms with van der Waals surface area (Å²) in [5, 5.41) is 3.50. The third kappa shape index (κ3) is 3.45. The van der Waals surface area contributed by atoms with Crippen molar-refractivity contribution >= 4 is 17.5 Å². The predicted octanol–water partition coefficient (Wildman–Crippen LogP) is 3.29. The van der Waals surface area contributed by atoms with E-state index in [1.165, 1.54) is 12.6 Å². The zero-order chi connectivity index (χ0) is 13.1. The van der Waals surface area contributed by atoms with E-state index in [4.69, 9.17) is 11.6 Å². The molecule has 2 unspecified atom stereocenters. The van der Waals surface area contributed by atoms with Gasteiger partial charge in [-0.3, -0.25) is 4.79 Å². The average molecular weight is 267 g/mol. The fourth-order valence-electron chi connectivity index (χ4n) is 2.84. The van der Waals surface area contributed by atoms with Crippen LogP contribution in [0.3, 0.4) is 0 Å². The van der Waals surface area contributed by atoms with Gasteiger partial charge in [0.05, 0.1) is 5.56 Å². The summed E-state index contributed by atoms with van der Waals surface area (Å²) in [6, 6.07) is 3.63. The van der Waals surface area contributed by atoms with Gasteiger partial charge < -0.3 is 5.32 Å². The number of rotatable bonds is 2. The van der Waals surface area contributed by atoms with Crippen molar-refractivity contribution in [1.82, 2.24) is 10.3 Å². The molecule has 0 bridgehead atoms. The van der Waals surface area contributed by atoms with Gasteiger partial charge in [0.2, 0.25) is 0 Å². The maximum Gasteiger partial charge on any atom is 0.253 e. The van der Waals surface area contributed by atoms with E-state index >= 15 is 0 Å². The molecule has 1 aliphatic carbocycles. The van der Waals surface area contributed by atoms with Crippen molar-refractivity contribution in [3.05, 3.63) is 29.0 Å². The first kappa shape index (κ1) is 13.3. The summed E-state index contributed by atoms with van der Waals surface area (Å²) >= 11 is 5.70.